The lowest BCUT2D eigenvalue weighted by molar-refractivity contribution is 1.11. The molecule has 0 atom stereocenters. The van der Waals surface area contributed by atoms with Gasteiger partial charge in [0.2, 0.25) is 0 Å². The first-order valence-corrected chi connectivity index (χ1v) is 6.53. The molecule has 0 amide bonds. The molecule has 1 aromatic carbocycles. The van der Waals surface area contributed by atoms with Gasteiger partial charge in [0, 0.05) is 16.2 Å². The standard InChI is InChI=1S/C10H5BrClIN2O/c11-6-3-5(1-2-7(6)12)9-14-4-8(13)10(16)15-9/h1-4H,(H,14,15,16). The van der Waals surface area contributed by atoms with Gasteiger partial charge in [-0.05, 0) is 56.7 Å². The number of nitrogens with zero attached hydrogens (tertiary/aromatic N) is 1. The highest BCUT2D eigenvalue weighted by Gasteiger charge is 2.05. The molecule has 82 valence electrons. The Bertz CT molecular complexity index is 600. The normalized spacial score (nSPS) is 10.4. The summed E-state index contributed by atoms with van der Waals surface area (Å²) in [6.07, 6.45) is 1.54. The molecule has 16 heavy (non-hydrogen) atoms. The summed E-state index contributed by atoms with van der Waals surface area (Å²) in [6, 6.07) is 5.37. The molecule has 0 spiro atoms. The van der Waals surface area contributed by atoms with Gasteiger partial charge >= 0.3 is 0 Å². The van der Waals surface area contributed by atoms with Crippen LogP contribution in [-0.4, -0.2) is 9.97 Å². The van der Waals surface area contributed by atoms with Gasteiger partial charge in [-0.3, -0.25) is 4.79 Å². The molecule has 1 N–H and O–H groups in total. The molecule has 0 unspecified atom stereocenters. The number of H-pyrrole nitrogens is 1. The topological polar surface area (TPSA) is 45.8 Å². The highest BCUT2D eigenvalue weighted by Crippen LogP contribution is 2.26. The van der Waals surface area contributed by atoms with Gasteiger partial charge in [-0.25, -0.2) is 4.98 Å². The van der Waals surface area contributed by atoms with E-state index in [1.54, 1.807) is 12.1 Å². The van der Waals surface area contributed by atoms with Crippen LogP contribution in [0.5, 0.6) is 0 Å². The minimum Gasteiger partial charge on any atom is -0.306 e. The van der Waals surface area contributed by atoms with Gasteiger partial charge in [-0.1, -0.05) is 11.6 Å². The lowest BCUT2D eigenvalue weighted by Gasteiger charge is -2.02. The van der Waals surface area contributed by atoms with E-state index in [4.69, 9.17) is 11.6 Å². The number of halogens is 3. The minimum absolute atomic E-state index is 0.142. The Labute approximate surface area is 119 Å². The molecule has 6 heteroatoms. The maximum absolute atomic E-state index is 11.4. The van der Waals surface area contributed by atoms with Gasteiger partial charge in [-0.2, -0.15) is 0 Å². The van der Waals surface area contributed by atoms with Crippen LogP contribution in [0.3, 0.4) is 0 Å². The smallest absolute Gasteiger partial charge is 0.264 e. The van der Waals surface area contributed by atoms with E-state index >= 15 is 0 Å². The Morgan fingerprint density at radius 2 is 2.19 bits per heavy atom. The molecule has 1 aromatic heterocycles. The van der Waals surface area contributed by atoms with Crippen LogP contribution in [0.1, 0.15) is 0 Å². The van der Waals surface area contributed by atoms with Crippen LogP contribution in [0.2, 0.25) is 5.02 Å². The number of nitrogens with one attached hydrogen (secondary N) is 1. The Morgan fingerprint density at radius 3 is 2.81 bits per heavy atom. The van der Waals surface area contributed by atoms with Crippen molar-refractivity contribution in [3.8, 4) is 11.4 Å². The van der Waals surface area contributed by atoms with Crippen LogP contribution in [-0.2, 0) is 0 Å². The van der Waals surface area contributed by atoms with Crippen LogP contribution in [0.25, 0.3) is 11.4 Å². The SMILES string of the molecule is O=c1[nH]c(-c2ccc(Cl)c(Br)c2)ncc1I. The van der Waals surface area contributed by atoms with E-state index < -0.39 is 0 Å². The first kappa shape index (κ1) is 12.1. The molecule has 0 saturated heterocycles. The third-order valence-electron chi connectivity index (χ3n) is 1.95. The van der Waals surface area contributed by atoms with E-state index in [9.17, 15) is 4.79 Å². The molecular formula is C10H5BrClIN2O. The lowest BCUT2D eigenvalue weighted by Crippen LogP contribution is -2.11. The summed E-state index contributed by atoms with van der Waals surface area (Å²) in [5, 5.41) is 0.622. The molecule has 2 aromatic rings. The van der Waals surface area contributed by atoms with Gasteiger partial charge in [0.1, 0.15) is 5.82 Å². The van der Waals surface area contributed by atoms with E-state index in [-0.39, 0.29) is 5.56 Å². The Balaban J connectivity index is 2.55. The van der Waals surface area contributed by atoms with Gasteiger partial charge in [0.15, 0.2) is 0 Å². The van der Waals surface area contributed by atoms with Crippen LogP contribution in [0.15, 0.2) is 33.7 Å². The van der Waals surface area contributed by atoms with Crippen molar-refractivity contribution in [2.45, 2.75) is 0 Å². The molecule has 0 fully saturated rings. The molecule has 0 aliphatic carbocycles. The molecule has 0 bridgehead atoms. The van der Waals surface area contributed by atoms with Crippen molar-refractivity contribution in [1.82, 2.24) is 9.97 Å². The van der Waals surface area contributed by atoms with Crippen molar-refractivity contribution in [2.24, 2.45) is 0 Å². The fraction of sp³-hybridized carbons (Fsp3) is 0. The number of hydrogen-bond donors (Lipinski definition) is 1. The van der Waals surface area contributed by atoms with Gasteiger partial charge in [0.05, 0.1) is 8.59 Å². The molecule has 0 aliphatic rings. The third kappa shape index (κ3) is 2.46. The first-order chi connectivity index (χ1) is 7.58. The fourth-order valence-corrected chi connectivity index (χ4v) is 1.94. The molecule has 2 rings (SSSR count). The van der Waals surface area contributed by atoms with Crippen LogP contribution < -0.4 is 5.56 Å². The zero-order chi connectivity index (χ0) is 11.7. The van der Waals surface area contributed by atoms with Crippen molar-refractivity contribution in [2.75, 3.05) is 0 Å². The predicted molar refractivity (Wildman–Crippen MR) is 75.7 cm³/mol. The number of aromatic amines is 1. The number of benzene rings is 1. The maximum Gasteiger partial charge on any atom is 0.264 e. The molecule has 3 nitrogen and oxygen atoms in total. The zero-order valence-corrected chi connectivity index (χ0v) is 12.3. The summed E-state index contributed by atoms with van der Waals surface area (Å²) in [4.78, 5) is 18.3. The Hall–Kier alpha value is -0.400. The summed E-state index contributed by atoms with van der Waals surface area (Å²) >= 11 is 11.1. The van der Waals surface area contributed by atoms with E-state index in [1.807, 2.05) is 28.7 Å². The maximum atomic E-state index is 11.4. The predicted octanol–water partition coefficient (Wildman–Crippen LogP) is 3.46. The highest BCUT2D eigenvalue weighted by atomic mass is 127. The Morgan fingerprint density at radius 1 is 1.44 bits per heavy atom. The van der Waals surface area contributed by atoms with Crippen molar-refractivity contribution < 1.29 is 0 Å². The lowest BCUT2D eigenvalue weighted by atomic mass is 10.2. The van der Waals surface area contributed by atoms with E-state index in [1.165, 1.54) is 6.20 Å². The van der Waals surface area contributed by atoms with Crippen molar-refractivity contribution in [3.63, 3.8) is 0 Å². The summed E-state index contributed by atoms with van der Waals surface area (Å²) in [6.45, 7) is 0. The molecule has 0 saturated carbocycles. The zero-order valence-electron chi connectivity index (χ0n) is 7.80. The monoisotopic (exact) mass is 410 g/mol. The van der Waals surface area contributed by atoms with Crippen LogP contribution in [0.4, 0.5) is 0 Å². The number of aromatic nitrogens is 2. The summed E-state index contributed by atoms with van der Waals surface area (Å²) in [7, 11) is 0. The van der Waals surface area contributed by atoms with Crippen molar-refractivity contribution >= 4 is 50.1 Å². The van der Waals surface area contributed by atoms with E-state index in [2.05, 4.69) is 25.9 Å². The van der Waals surface area contributed by atoms with Crippen LogP contribution in [0, 0.1) is 3.57 Å². The average molecular weight is 411 g/mol. The molecule has 0 radical (unpaired) electrons. The minimum atomic E-state index is -0.142. The van der Waals surface area contributed by atoms with Gasteiger partial charge in [-0.15, -0.1) is 0 Å². The second-order valence-electron chi connectivity index (χ2n) is 3.04. The first-order valence-electron chi connectivity index (χ1n) is 4.28. The molecular weight excluding hydrogens is 406 g/mol. The third-order valence-corrected chi connectivity index (χ3v) is 3.93. The summed E-state index contributed by atoms with van der Waals surface area (Å²) in [5.41, 5.74) is 0.668. The molecule has 1 heterocycles. The van der Waals surface area contributed by atoms with Crippen molar-refractivity contribution in [3.05, 3.63) is 47.8 Å². The van der Waals surface area contributed by atoms with E-state index in [0.29, 0.717) is 14.4 Å². The second kappa shape index (κ2) is 4.85. The summed E-state index contributed by atoms with van der Waals surface area (Å²) < 4.78 is 1.34. The number of hydrogen-bond acceptors (Lipinski definition) is 2. The van der Waals surface area contributed by atoms with Crippen LogP contribution >= 0.6 is 50.1 Å². The summed E-state index contributed by atoms with van der Waals surface area (Å²) in [5.74, 6) is 0.530. The quantitative estimate of drug-likeness (QED) is 0.731. The highest BCUT2D eigenvalue weighted by molar-refractivity contribution is 14.1. The average Bonchev–Trinajstić information content (AvgIpc) is 2.26. The van der Waals surface area contributed by atoms with Gasteiger partial charge in [0.25, 0.3) is 5.56 Å². The van der Waals surface area contributed by atoms with Gasteiger partial charge < -0.3 is 4.98 Å². The fourth-order valence-electron chi connectivity index (χ4n) is 1.17. The molecule has 0 aliphatic heterocycles. The Kier molecular flexibility index (Phi) is 3.66. The second-order valence-corrected chi connectivity index (χ2v) is 5.46. The van der Waals surface area contributed by atoms with E-state index in [0.717, 1.165) is 10.0 Å². The number of rotatable bonds is 1. The largest absolute Gasteiger partial charge is 0.306 e. The van der Waals surface area contributed by atoms with Crippen molar-refractivity contribution in [1.29, 1.82) is 0 Å².